The average Bonchev–Trinajstić information content (AvgIpc) is 2.63. The number of aromatic nitrogens is 1. The summed E-state index contributed by atoms with van der Waals surface area (Å²) in [6.45, 7) is 3.52. The zero-order chi connectivity index (χ0) is 18.5. The van der Waals surface area contributed by atoms with Crippen molar-refractivity contribution in [3.8, 4) is 0 Å². The van der Waals surface area contributed by atoms with Crippen LogP contribution in [0, 0.1) is 12.7 Å². The maximum absolute atomic E-state index is 14.0. The normalized spacial score (nSPS) is 17.3. The largest absolute Gasteiger partial charge is 0.375 e. The number of piperidine rings is 1. The Morgan fingerprint density at radius 3 is 2.92 bits per heavy atom. The van der Waals surface area contributed by atoms with Crippen LogP contribution in [0.3, 0.4) is 0 Å². The van der Waals surface area contributed by atoms with Gasteiger partial charge in [0.1, 0.15) is 12.4 Å². The van der Waals surface area contributed by atoms with Crippen LogP contribution >= 0.6 is 0 Å². The molecule has 1 saturated heterocycles. The Hall–Kier alpha value is -2.27. The molecule has 1 aliphatic rings. The number of hydrogen-bond acceptors (Lipinski definition) is 3. The van der Waals surface area contributed by atoms with Crippen LogP contribution in [0.1, 0.15) is 41.3 Å². The summed E-state index contributed by atoms with van der Waals surface area (Å²) in [5, 5.41) is 0. The second kappa shape index (κ2) is 8.41. The monoisotopic (exact) mass is 356 g/mol. The Morgan fingerprint density at radius 1 is 1.35 bits per heavy atom. The number of methoxy groups -OCH3 is 1. The number of ether oxygens (including phenoxy) is 1. The molecule has 138 valence electrons. The molecule has 1 amide bonds. The minimum atomic E-state index is -0.183. The molecular formula is C21H25FN2O2. The quantitative estimate of drug-likeness (QED) is 0.824. The van der Waals surface area contributed by atoms with Crippen molar-refractivity contribution in [2.45, 2.75) is 32.1 Å². The summed E-state index contributed by atoms with van der Waals surface area (Å²) in [5.74, 6) is 0.0535. The molecule has 5 heteroatoms. The van der Waals surface area contributed by atoms with Crippen molar-refractivity contribution in [3.63, 3.8) is 0 Å². The molecule has 26 heavy (non-hydrogen) atoms. The zero-order valence-corrected chi connectivity index (χ0v) is 15.4. The van der Waals surface area contributed by atoms with Gasteiger partial charge in [0, 0.05) is 43.9 Å². The van der Waals surface area contributed by atoms with E-state index in [1.807, 2.05) is 30.0 Å². The number of pyridine rings is 1. The maximum Gasteiger partial charge on any atom is 0.248 e. The number of halogens is 1. The number of carbonyl (C=O) groups excluding carboxylic acids is 1. The molecule has 1 aliphatic heterocycles. The van der Waals surface area contributed by atoms with Crippen molar-refractivity contribution in [3.05, 3.63) is 64.7 Å². The van der Waals surface area contributed by atoms with Gasteiger partial charge in [-0.05, 0) is 49.1 Å². The van der Waals surface area contributed by atoms with E-state index in [1.165, 1.54) is 13.2 Å². The van der Waals surface area contributed by atoms with Crippen LogP contribution in [0.5, 0.6) is 0 Å². The van der Waals surface area contributed by atoms with Gasteiger partial charge in [-0.25, -0.2) is 4.39 Å². The van der Waals surface area contributed by atoms with E-state index in [0.717, 1.165) is 36.3 Å². The van der Waals surface area contributed by atoms with Gasteiger partial charge in [0.2, 0.25) is 5.91 Å². The predicted molar refractivity (Wildman–Crippen MR) is 98.6 cm³/mol. The minimum absolute atomic E-state index is 0.0245. The summed E-state index contributed by atoms with van der Waals surface area (Å²) < 4.78 is 18.9. The number of hydrogen-bond donors (Lipinski definition) is 0. The van der Waals surface area contributed by atoms with Crippen molar-refractivity contribution in [2.24, 2.45) is 0 Å². The third-order valence-electron chi connectivity index (χ3n) is 4.85. The van der Waals surface area contributed by atoms with E-state index < -0.39 is 0 Å². The molecule has 0 N–H and O–H groups in total. The molecule has 0 radical (unpaired) electrons. The van der Waals surface area contributed by atoms with E-state index in [2.05, 4.69) is 6.07 Å². The van der Waals surface area contributed by atoms with Gasteiger partial charge in [-0.15, -0.1) is 0 Å². The highest BCUT2D eigenvalue weighted by molar-refractivity contribution is 5.77. The Bertz CT molecular complexity index is 778. The summed E-state index contributed by atoms with van der Waals surface area (Å²) in [6.07, 6.45) is 2.51. The molecule has 1 aromatic heterocycles. The van der Waals surface area contributed by atoms with Crippen LogP contribution in [0.25, 0.3) is 0 Å². The van der Waals surface area contributed by atoms with Gasteiger partial charge in [-0.2, -0.15) is 0 Å². The standard InChI is InChI=1S/C21H25FN2O2/c1-15-10-16(11-17-6-3-4-8-19(17)22)12-20(23-15)18-7-5-9-24(13-18)21(25)14-26-2/h3-4,6,8,10,12,18H,5,7,9,11,13-14H2,1-2H3. The Balaban J connectivity index is 1.79. The van der Waals surface area contributed by atoms with Crippen LogP contribution in [-0.2, 0) is 16.0 Å². The summed E-state index contributed by atoms with van der Waals surface area (Å²) in [6, 6.07) is 10.9. The van der Waals surface area contributed by atoms with Gasteiger partial charge in [-0.3, -0.25) is 9.78 Å². The summed E-state index contributed by atoms with van der Waals surface area (Å²) >= 11 is 0. The molecule has 1 fully saturated rings. The van der Waals surface area contributed by atoms with Crippen molar-refractivity contribution < 1.29 is 13.9 Å². The number of aryl methyl sites for hydroxylation is 1. The highest BCUT2D eigenvalue weighted by Gasteiger charge is 2.25. The molecule has 2 aromatic rings. The number of carbonyl (C=O) groups is 1. The van der Waals surface area contributed by atoms with Gasteiger partial charge in [-0.1, -0.05) is 18.2 Å². The molecule has 1 unspecified atom stereocenters. The number of benzene rings is 1. The fourth-order valence-electron chi connectivity index (χ4n) is 3.60. The van der Waals surface area contributed by atoms with E-state index in [9.17, 15) is 9.18 Å². The second-order valence-electron chi connectivity index (χ2n) is 6.92. The fourth-order valence-corrected chi connectivity index (χ4v) is 3.60. The third kappa shape index (κ3) is 4.47. The van der Waals surface area contributed by atoms with Crippen molar-refractivity contribution in [1.82, 2.24) is 9.88 Å². The van der Waals surface area contributed by atoms with Gasteiger partial charge in [0.05, 0.1) is 0 Å². The highest BCUT2D eigenvalue weighted by Crippen LogP contribution is 2.27. The van der Waals surface area contributed by atoms with Crippen LogP contribution in [0.2, 0.25) is 0 Å². The Morgan fingerprint density at radius 2 is 2.15 bits per heavy atom. The first-order valence-corrected chi connectivity index (χ1v) is 9.04. The van der Waals surface area contributed by atoms with E-state index >= 15 is 0 Å². The molecule has 2 heterocycles. The molecule has 0 spiro atoms. The smallest absolute Gasteiger partial charge is 0.248 e. The number of nitrogens with zero attached hydrogens (tertiary/aromatic N) is 2. The molecule has 0 saturated carbocycles. The van der Waals surface area contributed by atoms with Crippen molar-refractivity contribution in [2.75, 3.05) is 26.8 Å². The number of likely N-dealkylation sites (tertiary alicyclic amines) is 1. The molecule has 0 bridgehead atoms. The average molecular weight is 356 g/mol. The lowest BCUT2D eigenvalue weighted by atomic mass is 9.92. The molecule has 3 rings (SSSR count). The summed E-state index contributed by atoms with van der Waals surface area (Å²) in [5.41, 5.74) is 3.66. The third-order valence-corrected chi connectivity index (χ3v) is 4.85. The first kappa shape index (κ1) is 18.5. The second-order valence-corrected chi connectivity index (χ2v) is 6.92. The summed E-state index contributed by atoms with van der Waals surface area (Å²) in [7, 11) is 1.54. The maximum atomic E-state index is 14.0. The number of rotatable bonds is 5. The lowest BCUT2D eigenvalue weighted by Crippen LogP contribution is -2.41. The van der Waals surface area contributed by atoms with Crippen LogP contribution in [0.15, 0.2) is 36.4 Å². The van der Waals surface area contributed by atoms with E-state index in [4.69, 9.17) is 9.72 Å². The fraction of sp³-hybridized carbons (Fsp3) is 0.429. The molecule has 1 aromatic carbocycles. The number of amides is 1. The molecule has 4 nitrogen and oxygen atoms in total. The minimum Gasteiger partial charge on any atom is -0.375 e. The first-order chi connectivity index (χ1) is 12.6. The Kier molecular flexibility index (Phi) is 5.99. The summed E-state index contributed by atoms with van der Waals surface area (Å²) in [4.78, 5) is 18.7. The van der Waals surface area contributed by atoms with Crippen molar-refractivity contribution in [1.29, 1.82) is 0 Å². The Labute approximate surface area is 154 Å². The van der Waals surface area contributed by atoms with Gasteiger partial charge >= 0.3 is 0 Å². The highest BCUT2D eigenvalue weighted by atomic mass is 19.1. The predicted octanol–water partition coefficient (Wildman–Crippen LogP) is 3.47. The van der Waals surface area contributed by atoms with Gasteiger partial charge in [0.15, 0.2) is 0 Å². The van der Waals surface area contributed by atoms with Crippen LogP contribution < -0.4 is 0 Å². The first-order valence-electron chi connectivity index (χ1n) is 9.04. The SMILES string of the molecule is COCC(=O)N1CCCC(c2cc(Cc3ccccc3F)cc(C)n2)C1. The van der Waals surface area contributed by atoms with E-state index in [0.29, 0.717) is 18.5 Å². The lowest BCUT2D eigenvalue weighted by Gasteiger charge is -2.32. The van der Waals surface area contributed by atoms with E-state index in [-0.39, 0.29) is 24.2 Å². The van der Waals surface area contributed by atoms with E-state index in [1.54, 1.807) is 6.07 Å². The molecule has 0 aliphatic carbocycles. The molecular weight excluding hydrogens is 331 g/mol. The topological polar surface area (TPSA) is 42.4 Å². The van der Waals surface area contributed by atoms with Crippen molar-refractivity contribution >= 4 is 5.91 Å². The van der Waals surface area contributed by atoms with Gasteiger partial charge in [0.25, 0.3) is 0 Å². The zero-order valence-electron chi connectivity index (χ0n) is 15.4. The lowest BCUT2D eigenvalue weighted by molar-refractivity contribution is -0.136. The molecule has 1 atom stereocenters. The van der Waals surface area contributed by atoms with Crippen LogP contribution in [0.4, 0.5) is 4.39 Å². The van der Waals surface area contributed by atoms with Crippen LogP contribution in [-0.4, -0.2) is 42.6 Å². The van der Waals surface area contributed by atoms with Gasteiger partial charge < -0.3 is 9.64 Å².